The molecule has 0 bridgehead atoms. The summed E-state index contributed by atoms with van der Waals surface area (Å²) in [4.78, 5) is 24.2. The third-order valence-corrected chi connectivity index (χ3v) is 8.11. The third-order valence-electron chi connectivity index (χ3n) is 8.11. The van der Waals surface area contributed by atoms with Crippen molar-refractivity contribution in [2.75, 3.05) is 13.2 Å². The average Bonchev–Trinajstić information content (AvgIpc) is 3.04. The van der Waals surface area contributed by atoms with Crippen LogP contribution in [0.4, 0.5) is 0 Å². The molecule has 0 saturated carbocycles. The summed E-state index contributed by atoms with van der Waals surface area (Å²) >= 11 is 0. The van der Waals surface area contributed by atoms with Crippen molar-refractivity contribution >= 4 is 11.9 Å². The summed E-state index contributed by atoms with van der Waals surface area (Å²) in [7, 11) is 0. The van der Waals surface area contributed by atoms with Crippen molar-refractivity contribution in [3.8, 4) is 0 Å². The fourth-order valence-corrected chi connectivity index (χ4v) is 5.22. The van der Waals surface area contributed by atoms with Gasteiger partial charge in [-0.2, -0.15) is 0 Å². The van der Waals surface area contributed by atoms with Crippen LogP contribution in [0.5, 0.6) is 0 Å². The van der Waals surface area contributed by atoms with Gasteiger partial charge in [0, 0.05) is 12.8 Å². The zero-order valence-corrected chi connectivity index (χ0v) is 30.6. The van der Waals surface area contributed by atoms with Crippen LogP contribution in [-0.2, 0) is 19.1 Å². The minimum Gasteiger partial charge on any atom is -0.462 e. The molecule has 0 aromatic rings. The summed E-state index contributed by atoms with van der Waals surface area (Å²) in [6, 6.07) is 0. The highest BCUT2D eigenvalue weighted by molar-refractivity contribution is 5.70. The van der Waals surface area contributed by atoms with Crippen molar-refractivity contribution in [1.82, 2.24) is 0 Å². The topological polar surface area (TPSA) is 93.1 Å². The number of rotatable bonds is 33. The van der Waals surface area contributed by atoms with E-state index in [0.29, 0.717) is 19.3 Å². The minimum absolute atomic E-state index is 0.105. The van der Waals surface area contributed by atoms with Gasteiger partial charge in [0.1, 0.15) is 6.61 Å². The van der Waals surface area contributed by atoms with Gasteiger partial charge in [-0.15, -0.1) is 0 Å². The van der Waals surface area contributed by atoms with E-state index < -0.39 is 6.10 Å². The molecule has 0 spiro atoms. The quantitative estimate of drug-likeness (QED) is 0.0413. The molecular weight excluding hydrogens is 588 g/mol. The summed E-state index contributed by atoms with van der Waals surface area (Å²) in [6.45, 7) is 6.22. The van der Waals surface area contributed by atoms with Gasteiger partial charge in [-0.1, -0.05) is 153 Å². The monoisotopic (exact) mass is 661 g/mol. The largest absolute Gasteiger partial charge is 0.462 e. The molecule has 0 heterocycles. The molecule has 272 valence electrons. The maximum Gasteiger partial charge on any atom is 0.306 e. The number of hydrogen-bond donors (Lipinski definition) is 2. The second-order valence-corrected chi connectivity index (χ2v) is 13.3. The second kappa shape index (κ2) is 35.1. The molecule has 47 heavy (non-hydrogen) atoms. The predicted molar refractivity (Wildman–Crippen MR) is 197 cm³/mol. The molecule has 0 aliphatic heterocycles. The maximum atomic E-state index is 12.1. The number of unbranched alkanes of at least 4 members (excludes halogenated alkanes) is 12. The van der Waals surface area contributed by atoms with Crippen molar-refractivity contribution in [1.29, 1.82) is 0 Å². The molecule has 0 aromatic heterocycles. The Morgan fingerprint density at radius 3 is 1.64 bits per heavy atom. The van der Waals surface area contributed by atoms with Crippen LogP contribution in [0.15, 0.2) is 48.6 Å². The lowest BCUT2D eigenvalue weighted by molar-refractivity contribution is -0.161. The fourth-order valence-electron chi connectivity index (χ4n) is 5.22. The van der Waals surface area contributed by atoms with Gasteiger partial charge in [0.05, 0.1) is 12.7 Å². The summed E-state index contributed by atoms with van der Waals surface area (Å²) in [5.41, 5.74) is 0. The van der Waals surface area contributed by atoms with Gasteiger partial charge in [-0.05, 0) is 57.3 Å². The van der Waals surface area contributed by atoms with E-state index in [4.69, 9.17) is 9.47 Å². The zero-order valence-electron chi connectivity index (χ0n) is 30.6. The Labute approximate surface area is 289 Å². The molecule has 0 amide bonds. The molecule has 2 N–H and O–H groups in total. The molecule has 6 nitrogen and oxygen atoms in total. The molecule has 0 radical (unpaired) electrons. The highest BCUT2D eigenvalue weighted by Gasteiger charge is 2.16. The van der Waals surface area contributed by atoms with Crippen LogP contribution in [-0.4, -0.2) is 47.6 Å². The van der Waals surface area contributed by atoms with Gasteiger partial charge in [0.2, 0.25) is 0 Å². The van der Waals surface area contributed by atoms with Crippen molar-refractivity contribution in [2.24, 2.45) is 5.92 Å². The number of ether oxygens (including phenoxy) is 2. The lowest BCUT2D eigenvalue weighted by atomic mass is 10.0. The number of aliphatic hydroxyl groups excluding tert-OH is 2. The summed E-state index contributed by atoms with van der Waals surface area (Å²) < 4.78 is 10.5. The Bertz CT molecular complexity index is 828. The highest BCUT2D eigenvalue weighted by Crippen LogP contribution is 2.15. The van der Waals surface area contributed by atoms with Crippen molar-refractivity contribution in [3.05, 3.63) is 48.6 Å². The lowest BCUT2D eigenvalue weighted by Gasteiger charge is -2.15. The first kappa shape index (κ1) is 44.8. The number of aliphatic hydroxyl groups is 2. The Balaban J connectivity index is 3.69. The van der Waals surface area contributed by atoms with E-state index in [9.17, 15) is 19.8 Å². The molecule has 0 saturated heterocycles. The van der Waals surface area contributed by atoms with Crippen molar-refractivity contribution in [2.45, 2.75) is 181 Å². The molecule has 1 unspecified atom stereocenters. The van der Waals surface area contributed by atoms with Gasteiger partial charge >= 0.3 is 11.9 Å². The highest BCUT2D eigenvalue weighted by atomic mass is 16.6. The Hall–Kier alpha value is -2.18. The molecule has 0 fully saturated rings. The smallest absolute Gasteiger partial charge is 0.306 e. The van der Waals surface area contributed by atoms with Crippen LogP contribution in [0, 0.1) is 5.92 Å². The molecule has 0 aliphatic rings. The summed E-state index contributed by atoms with van der Waals surface area (Å²) in [5, 5.41) is 19.2. The van der Waals surface area contributed by atoms with Gasteiger partial charge in [0.15, 0.2) is 6.10 Å². The Morgan fingerprint density at radius 2 is 1.11 bits per heavy atom. The van der Waals surface area contributed by atoms with Gasteiger partial charge in [-0.25, -0.2) is 0 Å². The SMILES string of the molecule is CCCC(O)C/C=C\C/C=C\C/C=C\C/C=C\CCCC(=O)OC[C@H](CO)OC(=O)CCCCCCCCCCCCCCC(C)C. The molecule has 0 rings (SSSR count). The molecule has 2 atom stereocenters. The van der Waals surface area contributed by atoms with Crippen LogP contribution in [0.25, 0.3) is 0 Å². The van der Waals surface area contributed by atoms with E-state index >= 15 is 0 Å². The van der Waals surface area contributed by atoms with Crippen LogP contribution < -0.4 is 0 Å². The normalized spacial score (nSPS) is 13.5. The summed E-state index contributed by atoms with van der Waals surface area (Å²) in [5.74, 6) is 0.156. The molecular formula is C41H72O6. The van der Waals surface area contributed by atoms with Crippen LogP contribution in [0.1, 0.15) is 168 Å². The summed E-state index contributed by atoms with van der Waals surface area (Å²) in [6.07, 6.45) is 39.5. The molecule has 0 aliphatic carbocycles. The standard InChI is InChI=1S/C41H72O6/c1-4-30-38(43)32-27-23-19-15-11-6-5-7-12-16-20-24-28-33-40(44)46-36-39(35-42)47-41(45)34-29-25-21-17-13-9-8-10-14-18-22-26-31-37(2)3/h5,7,11,15-16,20,23,27,37-39,42-43H,4,6,8-10,12-14,17-19,21-22,24-26,28-36H2,1-3H3/b7-5-,15-11-,20-16-,27-23-/t38?,39-/m0/s1. The van der Waals surface area contributed by atoms with Gasteiger partial charge < -0.3 is 19.7 Å². The zero-order chi connectivity index (χ0) is 34.6. The van der Waals surface area contributed by atoms with E-state index in [1.165, 1.54) is 64.2 Å². The number of allylic oxidation sites excluding steroid dienone is 7. The van der Waals surface area contributed by atoms with E-state index in [1.54, 1.807) is 0 Å². The Morgan fingerprint density at radius 1 is 0.617 bits per heavy atom. The Kier molecular flexibility index (Phi) is 33.5. The first-order valence-corrected chi connectivity index (χ1v) is 19.1. The van der Waals surface area contributed by atoms with E-state index in [2.05, 4.69) is 69.4 Å². The van der Waals surface area contributed by atoms with E-state index in [1.807, 2.05) is 0 Å². The number of carbonyl (C=O) groups is 2. The number of carbonyl (C=O) groups excluding carboxylic acids is 2. The average molecular weight is 661 g/mol. The van der Waals surface area contributed by atoms with Gasteiger partial charge in [-0.3, -0.25) is 9.59 Å². The van der Waals surface area contributed by atoms with E-state index in [0.717, 1.165) is 70.1 Å². The third kappa shape index (κ3) is 35.0. The first-order chi connectivity index (χ1) is 22.9. The lowest BCUT2D eigenvalue weighted by Crippen LogP contribution is -2.28. The van der Waals surface area contributed by atoms with Crippen LogP contribution >= 0.6 is 0 Å². The van der Waals surface area contributed by atoms with Crippen molar-refractivity contribution < 1.29 is 29.3 Å². The van der Waals surface area contributed by atoms with Gasteiger partial charge in [0.25, 0.3) is 0 Å². The minimum atomic E-state index is -0.802. The predicted octanol–water partition coefficient (Wildman–Crippen LogP) is 10.7. The molecule has 0 aromatic carbocycles. The van der Waals surface area contributed by atoms with Crippen LogP contribution in [0.3, 0.4) is 0 Å². The second-order valence-electron chi connectivity index (χ2n) is 13.3. The van der Waals surface area contributed by atoms with Crippen LogP contribution in [0.2, 0.25) is 0 Å². The first-order valence-electron chi connectivity index (χ1n) is 19.1. The number of hydrogen-bond acceptors (Lipinski definition) is 6. The van der Waals surface area contributed by atoms with E-state index in [-0.39, 0.29) is 31.3 Å². The molecule has 6 heteroatoms. The van der Waals surface area contributed by atoms with Crippen molar-refractivity contribution in [3.63, 3.8) is 0 Å². The number of esters is 2. The fraction of sp³-hybridized carbons (Fsp3) is 0.756. The maximum absolute atomic E-state index is 12.1.